The van der Waals surface area contributed by atoms with E-state index in [-0.39, 0.29) is 311 Å². The van der Waals surface area contributed by atoms with Crippen LogP contribution in [0, 0.1) is 124 Å². The first kappa shape index (κ1) is 142. The summed E-state index contributed by atoms with van der Waals surface area (Å²) in [5.41, 5.74) is 0. The molecule has 0 atom stereocenters. The average Bonchev–Trinajstić information content (AvgIpc) is 0.777. The van der Waals surface area contributed by atoms with E-state index in [4.69, 9.17) is 88.4 Å². The first-order chi connectivity index (χ1) is 65.0. The zero-order chi connectivity index (χ0) is 91.1. The molecule has 28 bridgehead atoms. The Bertz CT molecular complexity index is 4040. The van der Waals surface area contributed by atoms with E-state index in [1.807, 2.05) is 0 Å². The summed E-state index contributed by atoms with van der Waals surface area (Å²) in [5, 5.41) is 12.9. The number of benzene rings is 9. The molecule has 0 aromatic heterocycles. The van der Waals surface area contributed by atoms with Gasteiger partial charge in [-0.3, -0.25) is 0 Å². The zero-order valence-electron chi connectivity index (χ0n) is 84.4. The van der Waals surface area contributed by atoms with E-state index in [2.05, 4.69) is 273 Å². The third-order valence-electron chi connectivity index (χ3n) is 37.4. The average molecular weight is 4630 g/mol. The van der Waals surface area contributed by atoms with Gasteiger partial charge in [-0.05, 0) is 368 Å². The van der Waals surface area contributed by atoms with Crippen molar-refractivity contribution in [3.8, 4) is 0 Å². The summed E-state index contributed by atoms with van der Waals surface area (Å²) in [6.45, 7) is 0. The van der Waals surface area contributed by atoms with Crippen LogP contribution in [0.2, 0.25) is 0 Å². The van der Waals surface area contributed by atoms with Crippen molar-refractivity contribution in [2.24, 2.45) is 124 Å². The van der Waals surface area contributed by atoms with Gasteiger partial charge in [0, 0.05) is 155 Å². The standard InChI is InChI=1S/3C18H15P.7C10H16S.13Au.Pd/c3*1-4-10-16(11-5-1)19(17-12-6-2-7-13-17)18-14-8-3-9-15-18;7*11-10-4-7-1-8(5-10)3-9(2-7)6-10;;;;;;;;;;;;;;/h3*1-15H;7*7-9,11H,1-6H2;;;;;;;;;;;;;;/q;;;;;;;;;;;;;;;;7*+1;/p-4. The third kappa shape index (κ3) is 38.3. The van der Waals surface area contributed by atoms with Crippen molar-refractivity contribution in [2.45, 2.75) is 303 Å². The fourth-order valence-corrected chi connectivity index (χ4v) is 47.8. The molecule has 0 nitrogen and oxygen atoms in total. The van der Waals surface area contributed by atoms with Gasteiger partial charge in [0.05, 0.1) is 23.8 Å². The molecule has 28 fully saturated rings. The summed E-state index contributed by atoms with van der Waals surface area (Å²) in [5.74, 6) is 21.9. The van der Waals surface area contributed by atoms with Crippen LogP contribution in [-0.4, -0.2) is 33.2 Å². The van der Waals surface area contributed by atoms with E-state index in [0.29, 0.717) is 33.2 Å². The SMILES string of the molecule is [Au+].[Au+].[Au+].[Au+].[Au+].[Au+].[Au+].[Au].[Au].[Au].[Au].[Au].[Au].[Pd].[S-]C12CC3CC(CC(C3)C1)C2.[S-]C12CC3CC(CC(C3)C1)C2.[S-]C12CC3CC(CC(C3)C1)C2.[S-]C12CC3CC(CC(C3)C1)C2.[S-]C12CC3CC(CC(C3)C1)C2.[S-]C12CC3CC(CC(C3)C1)C2.[S-]C12CC3CC(CC(C3)C1)C2.c1ccc([PH+](c2ccccc2)c2ccccc2)cc1.c1ccc([PH+](c2ccccc2)c2ccccc2)cc1.c1ccc([PH+](c2ccccc2)c2ccccc2)cc1. The zero-order valence-corrected chi connectivity index (χ0v) is 123. The molecule has 0 N–H and O–H groups in total. The Labute approximate surface area is 1150 Å². The van der Waals surface area contributed by atoms with Crippen molar-refractivity contribution in [3.63, 3.8) is 0 Å². The second kappa shape index (κ2) is 65.3. The molecule has 37 rings (SSSR count). The Kier molecular flexibility index (Phi) is 62.6. The van der Waals surface area contributed by atoms with E-state index in [9.17, 15) is 0 Å². The summed E-state index contributed by atoms with van der Waals surface area (Å²) < 4.78 is 2.69. The monoisotopic (exact) mass is 4630 g/mol. The van der Waals surface area contributed by atoms with Gasteiger partial charge in [0.25, 0.3) is 0 Å². The maximum atomic E-state index is 5.69. The van der Waals surface area contributed by atoms with Gasteiger partial charge in [0.2, 0.25) is 0 Å². The van der Waals surface area contributed by atoms with Crippen LogP contribution in [0.15, 0.2) is 273 Å². The van der Waals surface area contributed by atoms with Crippen LogP contribution in [0.25, 0.3) is 0 Å². The quantitative estimate of drug-likeness (QED) is 0.0792. The Morgan fingerprint density at radius 3 is 0.243 bits per heavy atom. The van der Waals surface area contributed by atoms with Gasteiger partial charge in [0.15, 0.2) is 0 Å². The van der Waals surface area contributed by atoms with Crippen LogP contribution in [0.4, 0.5) is 0 Å². The summed E-state index contributed by atoms with van der Waals surface area (Å²) in [6, 6.07) is 97.5. The largest absolute Gasteiger partial charge is 1.00 e. The molecular formula is C124H153Au13P3PdS7+3. The molecule has 0 amide bonds. The van der Waals surface area contributed by atoms with Gasteiger partial charge in [-0.2, -0.15) is 33.2 Å². The predicted molar refractivity (Wildman–Crippen MR) is 598 cm³/mol. The molecular weight excluding hydrogens is 4470 g/mol. The molecule has 28 aliphatic carbocycles. The summed E-state index contributed by atoms with van der Waals surface area (Å²) in [6.07, 6.45) is 61.0. The molecule has 0 aliphatic heterocycles. The van der Waals surface area contributed by atoms with E-state index in [1.54, 1.807) is 0 Å². The van der Waals surface area contributed by atoms with Gasteiger partial charge in [-0.15, -0.1) is 0 Å². The molecule has 856 valence electrons. The topological polar surface area (TPSA) is 0 Å². The van der Waals surface area contributed by atoms with E-state index < -0.39 is 23.8 Å². The second-order valence-electron chi connectivity index (χ2n) is 49.1. The molecule has 24 heteroatoms. The molecule has 28 saturated carbocycles. The third-order valence-corrected chi connectivity index (χ3v) is 49.1. The molecule has 28 aliphatic rings. The molecule has 0 unspecified atom stereocenters. The molecule has 9 aromatic carbocycles. The van der Waals surface area contributed by atoms with Gasteiger partial charge >= 0.3 is 157 Å². The van der Waals surface area contributed by atoms with Crippen molar-refractivity contribution in [1.29, 1.82) is 0 Å². The smallest absolute Gasteiger partial charge is 0.786 e. The van der Waals surface area contributed by atoms with Crippen LogP contribution >= 0.6 is 23.8 Å². The Hall–Kier alpha value is 7.01. The van der Waals surface area contributed by atoms with E-state index in [1.165, 1.54) is 317 Å². The van der Waals surface area contributed by atoms with E-state index in [0.717, 1.165) is 124 Å². The Morgan fingerprint density at radius 1 is 0.128 bits per heavy atom. The first-order valence-electron chi connectivity index (χ1n) is 54.0. The van der Waals surface area contributed by atoms with E-state index >= 15 is 0 Å². The van der Waals surface area contributed by atoms with Gasteiger partial charge in [-0.25, -0.2) is 0 Å². The van der Waals surface area contributed by atoms with Crippen molar-refractivity contribution in [1.82, 2.24) is 0 Å². The van der Waals surface area contributed by atoms with Gasteiger partial charge < -0.3 is 88.4 Å². The summed E-state index contributed by atoms with van der Waals surface area (Å²) in [7, 11) is -2.63. The van der Waals surface area contributed by atoms with Crippen LogP contribution in [-0.2, 0) is 400 Å². The summed E-state index contributed by atoms with van der Waals surface area (Å²) in [4.78, 5) is 0. The molecule has 9 aromatic rings. The molecule has 0 heterocycles. The van der Waals surface area contributed by atoms with Crippen LogP contribution in [0.1, 0.15) is 270 Å². The molecule has 0 spiro atoms. The van der Waals surface area contributed by atoms with Gasteiger partial charge in [0.1, 0.15) is 47.7 Å². The molecule has 0 saturated heterocycles. The molecule has 6 radical (unpaired) electrons. The van der Waals surface area contributed by atoms with Crippen LogP contribution in [0.5, 0.6) is 0 Å². The maximum absolute atomic E-state index is 5.69. The fraction of sp³-hybridized carbons (Fsp3) is 0.565. The van der Waals surface area contributed by atoms with Crippen molar-refractivity contribution >= 4 is 160 Å². The normalized spacial score (nSPS) is 35.4. The van der Waals surface area contributed by atoms with Crippen LogP contribution < -0.4 is 47.7 Å². The van der Waals surface area contributed by atoms with Crippen molar-refractivity contribution < 1.29 is 311 Å². The maximum Gasteiger partial charge on any atom is 1.00 e. The first-order valence-corrected chi connectivity index (χ1v) is 61.4. The van der Waals surface area contributed by atoms with Crippen LogP contribution in [0.3, 0.4) is 0 Å². The van der Waals surface area contributed by atoms with Crippen molar-refractivity contribution in [3.05, 3.63) is 273 Å². The minimum absolute atomic E-state index is 0. The van der Waals surface area contributed by atoms with Gasteiger partial charge in [-0.1, -0.05) is 299 Å². The summed E-state index contributed by atoms with van der Waals surface area (Å²) >= 11 is 39.8. The predicted octanol–water partition coefficient (Wildman–Crippen LogP) is 27.0. The molecule has 148 heavy (non-hydrogen) atoms. The second-order valence-corrected chi connectivity index (χ2v) is 62.6. The number of hydrogen-bond acceptors (Lipinski definition) is 7. The number of hydrogen-bond donors (Lipinski definition) is 0. The Morgan fingerprint density at radius 2 is 0.189 bits per heavy atom. The Balaban J connectivity index is 0.000000222. The minimum Gasteiger partial charge on any atom is -0.786 e. The minimum atomic E-state index is -0.877. The fourth-order valence-electron chi connectivity index (χ4n) is 35.2. The number of rotatable bonds is 9. The van der Waals surface area contributed by atoms with Crippen molar-refractivity contribution in [2.75, 3.05) is 0 Å².